The van der Waals surface area contributed by atoms with Crippen molar-refractivity contribution in [2.45, 2.75) is 17.7 Å². The summed E-state index contributed by atoms with van der Waals surface area (Å²) in [5.74, 6) is -0.184. The molecule has 29 heavy (non-hydrogen) atoms. The van der Waals surface area contributed by atoms with Crippen molar-refractivity contribution in [3.05, 3.63) is 53.8 Å². The van der Waals surface area contributed by atoms with Gasteiger partial charge in [0.15, 0.2) is 6.61 Å². The number of benzene rings is 2. The number of carbonyl (C=O) groups excluding carboxylic acids is 3. The zero-order valence-electron chi connectivity index (χ0n) is 15.2. The summed E-state index contributed by atoms with van der Waals surface area (Å²) >= 11 is 1.40. The van der Waals surface area contributed by atoms with Gasteiger partial charge >= 0.3 is 0 Å². The highest BCUT2D eigenvalue weighted by Crippen LogP contribution is 2.30. The molecule has 3 N–H and O–H groups in total. The molecule has 4 rings (SSSR count). The number of anilines is 2. The van der Waals surface area contributed by atoms with Crippen LogP contribution in [0.15, 0.2) is 42.5 Å². The monoisotopic (exact) mass is 415 g/mol. The molecule has 1 fully saturated rings. The zero-order chi connectivity index (χ0) is 20.4. The molecule has 0 spiro atoms. The third-order valence-electron chi connectivity index (χ3n) is 4.60. The Kier molecular flexibility index (Phi) is 5.39. The van der Waals surface area contributed by atoms with Gasteiger partial charge in [0, 0.05) is 11.4 Å². The van der Waals surface area contributed by atoms with Gasteiger partial charge in [-0.2, -0.15) is 0 Å². The number of fused-ring (bicyclic) bond motifs is 1. The Morgan fingerprint density at radius 2 is 2.00 bits per heavy atom. The van der Waals surface area contributed by atoms with Crippen LogP contribution in [-0.4, -0.2) is 41.4 Å². The lowest BCUT2D eigenvalue weighted by molar-refractivity contribution is -0.126. The minimum atomic E-state index is -0.668. The molecular formula is C20H18FN3O4S. The Morgan fingerprint density at radius 1 is 1.21 bits per heavy atom. The standard InChI is InChI=1S/C20H18FN3O4S/c21-12-3-1-11(2-4-12)7-17-20(27)24-15(10-29-17)19(26)22-13-5-6-16-14(8-13)23-18(25)9-28-16/h1-6,8,15,17H,7,9-10H2,(H,22,26)(H,23,25)(H,24,27)/t15-,17+/m1/s1. The third-order valence-corrected chi connectivity index (χ3v) is 5.91. The summed E-state index contributed by atoms with van der Waals surface area (Å²) < 4.78 is 18.3. The average molecular weight is 415 g/mol. The molecule has 0 bridgehead atoms. The molecule has 0 saturated carbocycles. The summed E-state index contributed by atoms with van der Waals surface area (Å²) in [6, 6.07) is 10.3. The number of thioether (sulfide) groups is 1. The number of nitrogens with one attached hydrogen (secondary N) is 3. The van der Waals surface area contributed by atoms with E-state index in [1.165, 1.54) is 23.9 Å². The van der Waals surface area contributed by atoms with Crippen LogP contribution >= 0.6 is 11.8 Å². The molecule has 2 aromatic rings. The normalized spacial score (nSPS) is 20.7. The lowest BCUT2D eigenvalue weighted by Crippen LogP contribution is -2.52. The highest BCUT2D eigenvalue weighted by atomic mass is 32.2. The molecule has 0 radical (unpaired) electrons. The van der Waals surface area contributed by atoms with Crippen LogP contribution in [0.1, 0.15) is 5.56 Å². The number of hydrogen-bond acceptors (Lipinski definition) is 5. The number of hydrogen-bond donors (Lipinski definition) is 3. The molecule has 2 heterocycles. The maximum absolute atomic E-state index is 13.0. The summed E-state index contributed by atoms with van der Waals surface area (Å²) in [5.41, 5.74) is 1.84. The largest absolute Gasteiger partial charge is 0.482 e. The fraction of sp³-hybridized carbons (Fsp3) is 0.250. The fourth-order valence-corrected chi connectivity index (χ4v) is 4.30. The molecule has 3 amide bonds. The first-order valence-corrected chi connectivity index (χ1v) is 10.1. The van der Waals surface area contributed by atoms with Crippen molar-refractivity contribution in [2.75, 3.05) is 23.0 Å². The lowest BCUT2D eigenvalue weighted by atomic mass is 10.1. The van der Waals surface area contributed by atoms with E-state index in [1.54, 1.807) is 30.3 Å². The van der Waals surface area contributed by atoms with E-state index in [2.05, 4.69) is 16.0 Å². The Hall–Kier alpha value is -3.07. The maximum Gasteiger partial charge on any atom is 0.262 e. The predicted molar refractivity (Wildman–Crippen MR) is 107 cm³/mol. The smallest absolute Gasteiger partial charge is 0.262 e. The fourth-order valence-electron chi connectivity index (χ4n) is 3.11. The summed E-state index contributed by atoms with van der Waals surface area (Å²) in [5, 5.41) is 7.85. The third kappa shape index (κ3) is 4.51. The van der Waals surface area contributed by atoms with Crippen molar-refractivity contribution in [1.29, 1.82) is 0 Å². The molecule has 7 nitrogen and oxygen atoms in total. The van der Waals surface area contributed by atoms with Crippen LogP contribution in [0.4, 0.5) is 15.8 Å². The minimum Gasteiger partial charge on any atom is -0.482 e. The molecule has 2 aliphatic heterocycles. The van der Waals surface area contributed by atoms with Gasteiger partial charge in [0.2, 0.25) is 11.8 Å². The topological polar surface area (TPSA) is 96.5 Å². The molecule has 2 aliphatic rings. The SMILES string of the molecule is O=C1COc2ccc(NC(=O)[C@H]3CS[C@@H](Cc4ccc(F)cc4)C(=O)N3)cc2N1. The van der Waals surface area contributed by atoms with Crippen LogP contribution in [0.25, 0.3) is 0 Å². The quantitative estimate of drug-likeness (QED) is 0.709. The molecular weight excluding hydrogens is 397 g/mol. The maximum atomic E-state index is 13.0. The van der Waals surface area contributed by atoms with Gasteiger partial charge in [-0.15, -0.1) is 11.8 Å². The highest BCUT2D eigenvalue weighted by Gasteiger charge is 2.32. The summed E-state index contributed by atoms with van der Waals surface area (Å²) in [7, 11) is 0. The van der Waals surface area contributed by atoms with E-state index in [4.69, 9.17) is 4.74 Å². The van der Waals surface area contributed by atoms with Crippen LogP contribution in [-0.2, 0) is 20.8 Å². The van der Waals surface area contributed by atoms with Gasteiger partial charge in [-0.1, -0.05) is 12.1 Å². The Labute approximate surface area is 170 Å². The molecule has 150 valence electrons. The lowest BCUT2D eigenvalue weighted by Gasteiger charge is -2.28. The second-order valence-corrected chi connectivity index (χ2v) is 7.99. The first kappa shape index (κ1) is 19.3. The van der Waals surface area contributed by atoms with Crippen molar-refractivity contribution in [1.82, 2.24) is 5.32 Å². The molecule has 9 heteroatoms. The van der Waals surface area contributed by atoms with Crippen LogP contribution in [0.2, 0.25) is 0 Å². The van der Waals surface area contributed by atoms with E-state index in [1.807, 2.05) is 0 Å². The Bertz CT molecular complexity index is 967. The number of ether oxygens (including phenoxy) is 1. The van der Waals surface area contributed by atoms with E-state index in [9.17, 15) is 18.8 Å². The van der Waals surface area contributed by atoms with Gasteiger partial charge in [0.05, 0.1) is 10.9 Å². The number of amides is 3. The van der Waals surface area contributed by atoms with E-state index >= 15 is 0 Å². The van der Waals surface area contributed by atoms with Crippen molar-refractivity contribution in [2.24, 2.45) is 0 Å². The van der Waals surface area contributed by atoms with Crippen LogP contribution in [0.5, 0.6) is 5.75 Å². The first-order valence-electron chi connectivity index (χ1n) is 9.02. The van der Waals surface area contributed by atoms with Gasteiger partial charge < -0.3 is 20.7 Å². The van der Waals surface area contributed by atoms with E-state index < -0.39 is 6.04 Å². The number of carbonyl (C=O) groups is 3. The zero-order valence-corrected chi connectivity index (χ0v) is 16.1. The second-order valence-electron chi connectivity index (χ2n) is 6.75. The second kappa shape index (κ2) is 8.12. The van der Waals surface area contributed by atoms with Gasteiger partial charge in [-0.25, -0.2) is 4.39 Å². The minimum absolute atomic E-state index is 0.0386. The summed E-state index contributed by atoms with van der Waals surface area (Å²) in [4.78, 5) is 36.4. The predicted octanol–water partition coefficient (Wildman–Crippen LogP) is 1.94. The van der Waals surface area contributed by atoms with E-state index in [-0.39, 0.29) is 35.4 Å². The van der Waals surface area contributed by atoms with Crippen molar-refractivity contribution >= 4 is 40.9 Å². The van der Waals surface area contributed by atoms with Crippen molar-refractivity contribution < 1.29 is 23.5 Å². The van der Waals surface area contributed by atoms with Gasteiger partial charge in [-0.3, -0.25) is 14.4 Å². The molecule has 2 aromatic carbocycles. The van der Waals surface area contributed by atoms with Crippen LogP contribution in [0, 0.1) is 5.82 Å². The van der Waals surface area contributed by atoms with Gasteiger partial charge in [0.1, 0.15) is 17.6 Å². The average Bonchev–Trinajstić information content (AvgIpc) is 2.70. The molecule has 1 saturated heterocycles. The summed E-state index contributed by atoms with van der Waals surface area (Å²) in [6.45, 7) is -0.0386. The molecule has 0 aliphatic carbocycles. The van der Waals surface area contributed by atoms with E-state index in [0.29, 0.717) is 29.3 Å². The Balaban J connectivity index is 1.35. The molecule has 2 atom stereocenters. The van der Waals surface area contributed by atoms with E-state index in [0.717, 1.165) is 5.56 Å². The van der Waals surface area contributed by atoms with Crippen LogP contribution < -0.4 is 20.7 Å². The molecule has 0 aromatic heterocycles. The highest BCUT2D eigenvalue weighted by molar-refractivity contribution is 8.00. The first-order chi connectivity index (χ1) is 14.0. The van der Waals surface area contributed by atoms with Crippen LogP contribution in [0.3, 0.4) is 0 Å². The van der Waals surface area contributed by atoms with Crippen molar-refractivity contribution in [3.8, 4) is 5.75 Å². The van der Waals surface area contributed by atoms with Gasteiger partial charge in [0.25, 0.3) is 5.91 Å². The number of halogens is 1. The van der Waals surface area contributed by atoms with Crippen molar-refractivity contribution in [3.63, 3.8) is 0 Å². The Morgan fingerprint density at radius 3 is 2.76 bits per heavy atom. The van der Waals surface area contributed by atoms with Gasteiger partial charge in [-0.05, 0) is 42.3 Å². The number of rotatable bonds is 4. The molecule has 0 unspecified atom stereocenters. The summed E-state index contributed by atoms with van der Waals surface area (Å²) in [6.07, 6.45) is 0.468.